The smallest absolute Gasteiger partial charge is 0.244 e. The van der Waals surface area contributed by atoms with Gasteiger partial charge < -0.3 is 10.2 Å². The molecule has 0 aliphatic heterocycles. The van der Waals surface area contributed by atoms with E-state index >= 15 is 0 Å². The minimum Gasteiger partial charge on any atom is -0.357 e. The number of aryl methyl sites for hydroxylation is 1. The third-order valence-electron chi connectivity index (χ3n) is 5.03. The molecule has 1 atom stereocenters. The second-order valence-corrected chi connectivity index (χ2v) is 9.06. The van der Waals surface area contributed by atoms with Crippen LogP contribution in [0.5, 0.6) is 0 Å². The molecular weight excluding hydrogens is 421 g/mol. The summed E-state index contributed by atoms with van der Waals surface area (Å²) < 4.78 is 40.3. The monoisotopic (exact) mass is 449 g/mol. The number of nitrogens with one attached hydrogen (secondary N) is 1. The molecule has 2 aromatic carbocycles. The lowest BCUT2D eigenvalue weighted by Gasteiger charge is -2.31. The average molecular weight is 450 g/mol. The number of para-hydroxylation sites is 1. The molecular formula is C22H28FN3O4S. The second kappa shape index (κ2) is 10.4. The Hall–Kier alpha value is -2.94. The van der Waals surface area contributed by atoms with Gasteiger partial charge in [-0.05, 0) is 31.0 Å². The van der Waals surface area contributed by atoms with Gasteiger partial charge in [0, 0.05) is 19.2 Å². The molecule has 31 heavy (non-hydrogen) atoms. The molecule has 0 radical (unpaired) electrons. The topological polar surface area (TPSA) is 86.8 Å². The van der Waals surface area contributed by atoms with E-state index in [1.54, 1.807) is 30.3 Å². The minimum atomic E-state index is -3.80. The molecule has 0 aliphatic carbocycles. The molecule has 0 aromatic heterocycles. The highest BCUT2D eigenvalue weighted by Crippen LogP contribution is 2.24. The van der Waals surface area contributed by atoms with Crippen LogP contribution in [0.3, 0.4) is 0 Å². The fourth-order valence-corrected chi connectivity index (χ4v) is 4.13. The minimum absolute atomic E-state index is 0.173. The van der Waals surface area contributed by atoms with E-state index in [0.717, 1.165) is 16.1 Å². The van der Waals surface area contributed by atoms with Gasteiger partial charge in [0.15, 0.2) is 0 Å². The molecule has 9 heteroatoms. The SMILES string of the molecule is CCc1ccccc1N(CC(=O)N(Cc1ccccc1F)[C@@H](C)C(=O)NC)S(C)(=O)=O. The van der Waals surface area contributed by atoms with Gasteiger partial charge in [0.05, 0.1) is 11.9 Å². The van der Waals surface area contributed by atoms with Crippen LogP contribution in [0.4, 0.5) is 10.1 Å². The molecule has 0 heterocycles. The zero-order chi connectivity index (χ0) is 23.2. The number of nitrogens with zero attached hydrogens (tertiary/aromatic N) is 2. The van der Waals surface area contributed by atoms with Crippen LogP contribution in [0.2, 0.25) is 0 Å². The van der Waals surface area contributed by atoms with E-state index in [1.165, 1.54) is 37.1 Å². The number of hydrogen-bond acceptors (Lipinski definition) is 4. The molecule has 0 saturated heterocycles. The van der Waals surface area contributed by atoms with Crippen molar-refractivity contribution in [1.29, 1.82) is 0 Å². The summed E-state index contributed by atoms with van der Waals surface area (Å²) in [6, 6.07) is 11.9. The average Bonchev–Trinajstić information content (AvgIpc) is 2.74. The first kappa shape index (κ1) is 24.3. The van der Waals surface area contributed by atoms with Crippen LogP contribution in [0.25, 0.3) is 0 Å². The van der Waals surface area contributed by atoms with Crippen molar-refractivity contribution < 1.29 is 22.4 Å². The molecule has 0 spiro atoms. The van der Waals surface area contributed by atoms with Crippen molar-refractivity contribution >= 4 is 27.5 Å². The number of benzene rings is 2. The Morgan fingerprint density at radius 3 is 2.19 bits per heavy atom. The van der Waals surface area contributed by atoms with E-state index < -0.39 is 40.2 Å². The van der Waals surface area contributed by atoms with E-state index in [-0.39, 0.29) is 12.1 Å². The van der Waals surface area contributed by atoms with Crippen molar-refractivity contribution in [2.24, 2.45) is 0 Å². The molecule has 0 saturated carbocycles. The maximum atomic E-state index is 14.2. The van der Waals surface area contributed by atoms with Crippen LogP contribution in [0, 0.1) is 5.82 Å². The van der Waals surface area contributed by atoms with Crippen LogP contribution in [0.15, 0.2) is 48.5 Å². The van der Waals surface area contributed by atoms with Crippen molar-refractivity contribution in [3.8, 4) is 0 Å². The zero-order valence-corrected chi connectivity index (χ0v) is 18.9. The second-order valence-electron chi connectivity index (χ2n) is 7.16. The summed E-state index contributed by atoms with van der Waals surface area (Å²) in [5.74, 6) is -1.57. The summed E-state index contributed by atoms with van der Waals surface area (Å²) in [5.41, 5.74) is 1.39. The van der Waals surface area contributed by atoms with E-state index in [2.05, 4.69) is 5.32 Å². The molecule has 1 N–H and O–H groups in total. The highest BCUT2D eigenvalue weighted by molar-refractivity contribution is 7.92. The lowest BCUT2D eigenvalue weighted by Crippen LogP contribution is -2.50. The van der Waals surface area contributed by atoms with Gasteiger partial charge in [0.1, 0.15) is 18.4 Å². The number of carbonyl (C=O) groups is 2. The quantitative estimate of drug-likeness (QED) is 0.637. The first-order chi connectivity index (χ1) is 14.6. The Bertz CT molecular complexity index is 1040. The van der Waals surface area contributed by atoms with E-state index in [4.69, 9.17) is 0 Å². The summed E-state index contributed by atoms with van der Waals surface area (Å²) in [6.45, 7) is 2.72. The summed E-state index contributed by atoms with van der Waals surface area (Å²) in [7, 11) is -2.37. The van der Waals surface area contributed by atoms with E-state index in [1.807, 2.05) is 6.92 Å². The zero-order valence-electron chi connectivity index (χ0n) is 18.1. The maximum absolute atomic E-state index is 14.2. The van der Waals surface area contributed by atoms with Gasteiger partial charge in [-0.25, -0.2) is 12.8 Å². The molecule has 0 unspecified atom stereocenters. The first-order valence-electron chi connectivity index (χ1n) is 9.90. The summed E-state index contributed by atoms with van der Waals surface area (Å²) in [4.78, 5) is 26.7. The molecule has 0 bridgehead atoms. The molecule has 2 aromatic rings. The number of hydrogen-bond donors (Lipinski definition) is 1. The Kier molecular flexibility index (Phi) is 8.15. The highest BCUT2D eigenvalue weighted by atomic mass is 32.2. The van der Waals surface area contributed by atoms with Crippen molar-refractivity contribution in [2.45, 2.75) is 32.9 Å². The lowest BCUT2D eigenvalue weighted by atomic mass is 10.1. The Morgan fingerprint density at radius 2 is 1.65 bits per heavy atom. The van der Waals surface area contributed by atoms with Gasteiger partial charge in [-0.2, -0.15) is 0 Å². The number of amides is 2. The van der Waals surface area contributed by atoms with Gasteiger partial charge in [0.25, 0.3) is 0 Å². The van der Waals surface area contributed by atoms with Crippen LogP contribution in [0.1, 0.15) is 25.0 Å². The molecule has 2 amide bonds. The molecule has 7 nitrogen and oxygen atoms in total. The van der Waals surface area contributed by atoms with Crippen LogP contribution >= 0.6 is 0 Å². The van der Waals surface area contributed by atoms with Crippen molar-refractivity contribution in [3.63, 3.8) is 0 Å². The summed E-state index contributed by atoms with van der Waals surface area (Å²) in [5, 5.41) is 2.48. The first-order valence-corrected chi connectivity index (χ1v) is 11.7. The number of rotatable bonds is 9. The van der Waals surface area contributed by atoms with Gasteiger partial charge in [-0.3, -0.25) is 13.9 Å². The van der Waals surface area contributed by atoms with Crippen LogP contribution in [-0.2, 0) is 32.6 Å². The molecule has 0 fully saturated rings. The third-order valence-corrected chi connectivity index (χ3v) is 6.16. The Balaban J connectivity index is 2.44. The Labute approximate surface area is 182 Å². The van der Waals surface area contributed by atoms with Gasteiger partial charge in [0.2, 0.25) is 21.8 Å². The van der Waals surface area contributed by atoms with Crippen LogP contribution in [-0.4, -0.2) is 51.0 Å². The number of carbonyl (C=O) groups excluding carboxylic acids is 2. The van der Waals surface area contributed by atoms with Crippen molar-refractivity contribution in [3.05, 3.63) is 65.5 Å². The summed E-state index contributed by atoms with van der Waals surface area (Å²) in [6.07, 6.45) is 1.60. The van der Waals surface area contributed by atoms with Gasteiger partial charge >= 0.3 is 0 Å². The largest absolute Gasteiger partial charge is 0.357 e. The van der Waals surface area contributed by atoms with Crippen molar-refractivity contribution in [2.75, 3.05) is 24.2 Å². The normalized spacial score (nSPS) is 12.2. The van der Waals surface area contributed by atoms with Crippen LogP contribution < -0.4 is 9.62 Å². The number of likely N-dealkylation sites (N-methyl/N-ethyl adjacent to an activating group) is 1. The standard InChI is InChI=1S/C22H28FN3O4S/c1-5-17-10-7-9-13-20(17)26(31(4,29)30)15-21(27)25(16(2)22(28)24-3)14-18-11-6-8-12-19(18)23/h6-13,16H,5,14-15H2,1-4H3,(H,24,28)/t16-/m0/s1. The fourth-order valence-electron chi connectivity index (χ4n) is 3.25. The van der Waals surface area contributed by atoms with E-state index in [0.29, 0.717) is 12.1 Å². The Morgan fingerprint density at radius 1 is 1.06 bits per heavy atom. The highest BCUT2D eigenvalue weighted by Gasteiger charge is 2.30. The third kappa shape index (κ3) is 6.04. The number of anilines is 1. The molecule has 168 valence electrons. The summed E-state index contributed by atoms with van der Waals surface area (Å²) >= 11 is 0. The predicted octanol–water partition coefficient (Wildman–Crippen LogP) is 2.32. The lowest BCUT2D eigenvalue weighted by molar-refractivity contribution is -0.139. The number of sulfonamides is 1. The maximum Gasteiger partial charge on any atom is 0.244 e. The number of halogens is 1. The van der Waals surface area contributed by atoms with E-state index in [9.17, 15) is 22.4 Å². The fraction of sp³-hybridized carbons (Fsp3) is 0.364. The molecule has 2 rings (SSSR count). The predicted molar refractivity (Wildman–Crippen MR) is 118 cm³/mol. The van der Waals surface area contributed by atoms with Gasteiger partial charge in [-0.1, -0.05) is 43.3 Å². The molecule has 0 aliphatic rings. The van der Waals surface area contributed by atoms with Gasteiger partial charge in [-0.15, -0.1) is 0 Å². The van der Waals surface area contributed by atoms with Crippen molar-refractivity contribution in [1.82, 2.24) is 10.2 Å².